The fraction of sp³-hybridized carbons (Fsp3) is 0.182. The number of carbonyl (C=O) groups excluding carboxylic acids is 3. The number of carbonyl (C=O) groups is 3. The minimum absolute atomic E-state index is 0.101. The molecule has 1 aromatic heterocycles. The van der Waals surface area contributed by atoms with E-state index in [1.54, 1.807) is 43.3 Å². The van der Waals surface area contributed by atoms with Crippen LogP contribution in [0.15, 0.2) is 54.6 Å². The number of aromatic nitrogens is 1. The number of pyridine rings is 1. The van der Waals surface area contributed by atoms with E-state index in [0.29, 0.717) is 33.4 Å². The fourth-order valence-electron chi connectivity index (χ4n) is 2.81. The summed E-state index contributed by atoms with van der Waals surface area (Å²) >= 11 is 0. The van der Waals surface area contributed by atoms with Crippen LogP contribution in [0.25, 0.3) is 10.9 Å². The summed E-state index contributed by atoms with van der Waals surface area (Å²) in [6, 6.07) is 15.5. The number of hydrogen-bond donors (Lipinski definition) is 1. The minimum atomic E-state index is -1.01. The van der Waals surface area contributed by atoms with Crippen molar-refractivity contribution in [2.75, 3.05) is 5.32 Å². The van der Waals surface area contributed by atoms with Gasteiger partial charge in [0.15, 0.2) is 11.9 Å². The largest absolute Gasteiger partial charge is 0.449 e. The van der Waals surface area contributed by atoms with Crippen LogP contribution in [0.3, 0.4) is 0 Å². The molecule has 6 heteroatoms. The number of ketones is 1. The van der Waals surface area contributed by atoms with Gasteiger partial charge in [-0.25, -0.2) is 4.79 Å². The lowest BCUT2D eigenvalue weighted by Crippen LogP contribution is -2.30. The third-order valence-electron chi connectivity index (χ3n) is 4.25. The van der Waals surface area contributed by atoms with Crippen molar-refractivity contribution in [3.05, 3.63) is 71.4 Å². The van der Waals surface area contributed by atoms with Crippen LogP contribution in [0, 0.1) is 6.92 Å². The van der Waals surface area contributed by atoms with Gasteiger partial charge < -0.3 is 10.1 Å². The average molecular weight is 376 g/mol. The Morgan fingerprint density at radius 3 is 2.54 bits per heavy atom. The molecule has 0 radical (unpaired) electrons. The lowest BCUT2D eigenvalue weighted by atomic mass is 10.1. The van der Waals surface area contributed by atoms with Crippen molar-refractivity contribution in [2.24, 2.45) is 0 Å². The predicted molar refractivity (Wildman–Crippen MR) is 106 cm³/mol. The smallest absolute Gasteiger partial charge is 0.339 e. The van der Waals surface area contributed by atoms with Crippen LogP contribution >= 0.6 is 0 Å². The van der Waals surface area contributed by atoms with Gasteiger partial charge in [-0.15, -0.1) is 0 Å². The normalized spacial score (nSPS) is 11.7. The number of esters is 1. The molecule has 1 N–H and O–H groups in total. The number of amides is 1. The Hall–Kier alpha value is -3.54. The number of benzene rings is 2. The van der Waals surface area contributed by atoms with E-state index in [2.05, 4.69) is 10.3 Å². The Morgan fingerprint density at radius 1 is 1.04 bits per heavy atom. The van der Waals surface area contributed by atoms with Crippen LogP contribution in [0.2, 0.25) is 0 Å². The van der Waals surface area contributed by atoms with Crippen molar-refractivity contribution in [3.63, 3.8) is 0 Å². The van der Waals surface area contributed by atoms with Gasteiger partial charge in [-0.2, -0.15) is 0 Å². The molecule has 1 amide bonds. The van der Waals surface area contributed by atoms with Gasteiger partial charge in [0.2, 0.25) is 0 Å². The van der Waals surface area contributed by atoms with Crippen molar-refractivity contribution < 1.29 is 19.1 Å². The number of anilines is 1. The van der Waals surface area contributed by atoms with Gasteiger partial charge in [-0.3, -0.25) is 14.6 Å². The van der Waals surface area contributed by atoms with E-state index in [0.717, 1.165) is 0 Å². The number of fused-ring (bicyclic) bond motifs is 1. The molecule has 6 nitrogen and oxygen atoms in total. The Labute approximate surface area is 162 Å². The molecule has 0 aliphatic rings. The maximum atomic E-state index is 12.6. The van der Waals surface area contributed by atoms with Gasteiger partial charge in [0.1, 0.15) is 0 Å². The van der Waals surface area contributed by atoms with Crippen molar-refractivity contribution in [2.45, 2.75) is 26.9 Å². The first-order chi connectivity index (χ1) is 13.3. The summed E-state index contributed by atoms with van der Waals surface area (Å²) in [5.74, 6) is -1.18. The minimum Gasteiger partial charge on any atom is -0.449 e. The summed E-state index contributed by atoms with van der Waals surface area (Å²) in [6.45, 7) is 4.74. The molecule has 3 rings (SSSR count). The molecule has 0 aliphatic heterocycles. The third-order valence-corrected chi connectivity index (χ3v) is 4.25. The number of ether oxygens (including phenoxy) is 1. The number of nitrogens with one attached hydrogen (secondary N) is 1. The van der Waals surface area contributed by atoms with Crippen molar-refractivity contribution in [1.82, 2.24) is 4.98 Å². The average Bonchev–Trinajstić information content (AvgIpc) is 2.67. The van der Waals surface area contributed by atoms with Crippen LogP contribution in [-0.4, -0.2) is 28.7 Å². The number of Topliss-reactive ketones (excluding diaryl/α,β-unsaturated/α-hetero) is 1. The van der Waals surface area contributed by atoms with Gasteiger partial charge in [-0.05, 0) is 45.0 Å². The van der Waals surface area contributed by atoms with E-state index < -0.39 is 18.0 Å². The Bertz CT molecular complexity index is 1080. The lowest BCUT2D eigenvalue weighted by Gasteiger charge is -2.15. The highest BCUT2D eigenvalue weighted by atomic mass is 16.5. The molecule has 1 heterocycles. The Balaban J connectivity index is 1.75. The maximum Gasteiger partial charge on any atom is 0.339 e. The molecular weight excluding hydrogens is 356 g/mol. The van der Waals surface area contributed by atoms with Gasteiger partial charge >= 0.3 is 5.97 Å². The van der Waals surface area contributed by atoms with Gasteiger partial charge in [0.25, 0.3) is 5.91 Å². The van der Waals surface area contributed by atoms with Gasteiger partial charge in [-0.1, -0.05) is 30.3 Å². The van der Waals surface area contributed by atoms with E-state index >= 15 is 0 Å². The second-order valence-electron chi connectivity index (χ2n) is 6.50. The number of hydrogen-bond acceptors (Lipinski definition) is 5. The summed E-state index contributed by atoms with van der Waals surface area (Å²) in [6.07, 6.45) is -1.01. The number of para-hydroxylation sites is 1. The topological polar surface area (TPSA) is 85.4 Å². The molecule has 142 valence electrons. The number of aryl methyl sites for hydroxylation is 1. The number of rotatable bonds is 5. The molecule has 0 fully saturated rings. The van der Waals surface area contributed by atoms with E-state index in [1.807, 2.05) is 18.2 Å². The summed E-state index contributed by atoms with van der Waals surface area (Å²) < 4.78 is 5.37. The Morgan fingerprint density at radius 2 is 1.79 bits per heavy atom. The highest BCUT2D eigenvalue weighted by Crippen LogP contribution is 2.20. The van der Waals surface area contributed by atoms with Crippen molar-refractivity contribution >= 4 is 34.3 Å². The van der Waals surface area contributed by atoms with Crippen LogP contribution in [-0.2, 0) is 9.53 Å². The maximum absolute atomic E-state index is 12.6. The van der Waals surface area contributed by atoms with Gasteiger partial charge in [0, 0.05) is 22.3 Å². The molecule has 1 unspecified atom stereocenters. The monoisotopic (exact) mass is 376 g/mol. The zero-order chi connectivity index (χ0) is 20.3. The molecule has 28 heavy (non-hydrogen) atoms. The fourth-order valence-corrected chi connectivity index (χ4v) is 2.81. The first-order valence-electron chi connectivity index (χ1n) is 8.84. The molecule has 3 aromatic rings. The molecule has 0 aliphatic carbocycles. The summed E-state index contributed by atoms with van der Waals surface area (Å²) in [5.41, 5.74) is 2.68. The molecular formula is C22H20N2O4. The summed E-state index contributed by atoms with van der Waals surface area (Å²) in [7, 11) is 0. The molecule has 0 spiro atoms. The van der Waals surface area contributed by atoms with E-state index in [9.17, 15) is 14.4 Å². The standard InChI is InChI=1S/C22H20N2O4/c1-13-11-19(18-9-4-5-10-20(18)23-13)22(27)28-15(3)21(26)24-17-8-6-7-16(12-17)14(2)25/h4-12,15H,1-3H3,(H,24,26). The molecule has 0 saturated carbocycles. The first-order valence-corrected chi connectivity index (χ1v) is 8.84. The molecule has 1 atom stereocenters. The quantitative estimate of drug-likeness (QED) is 0.539. The zero-order valence-corrected chi connectivity index (χ0v) is 15.9. The third kappa shape index (κ3) is 4.23. The van der Waals surface area contributed by atoms with Gasteiger partial charge in [0.05, 0.1) is 11.1 Å². The molecule has 0 saturated heterocycles. The number of nitrogens with zero attached hydrogens (tertiary/aromatic N) is 1. The van der Waals surface area contributed by atoms with Crippen molar-refractivity contribution in [1.29, 1.82) is 0 Å². The Kier molecular flexibility index (Phi) is 5.49. The van der Waals surface area contributed by atoms with E-state index in [1.165, 1.54) is 13.8 Å². The van der Waals surface area contributed by atoms with Crippen LogP contribution in [0.1, 0.15) is 40.3 Å². The van der Waals surface area contributed by atoms with Crippen molar-refractivity contribution in [3.8, 4) is 0 Å². The summed E-state index contributed by atoms with van der Waals surface area (Å²) in [4.78, 5) is 40.9. The highest BCUT2D eigenvalue weighted by Gasteiger charge is 2.21. The zero-order valence-electron chi connectivity index (χ0n) is 15.9. The molecule has 0 bridgehead atoms. The molecule has 2 aromatic carbocycles. The summed E-state index contributed by atoms with van der Waals surface area (Å²) in [5, 5.41) is 3.33. The second-order valence-corrected chi connectivity index (χ2v) is 6.50. The lowest BCUT2D eigenvalue weighted by molar-refractivity contribution is -0.123. The van der Waals surface area contributed by atoms with E-state index in [4.69, 9.17) is 4.74 Å². The van der Waals surface area contributed by atoms with Crippen LogP contribution < -0.4 is 5.32 Å². The highest BCUT2D eigenvalue weighted by molar-refractivity contribution is 6.05. The predicted octanol–water partition coefficient (Wildman–Crippen LogP) is 3.93. The van der Waals surface area contributed by atoms with Crippen LogP contribution in [0.5, 0.6) is 0 Å². The second kappa shape index (κ2) is 8.00. The van der Waals surface area contributed by atoms with E-state index in [-0.39, 0.29) is 5.78 Å². The SMILES string of the molecule is CC(=O)c1cccc(NC(=O)C(C)OC(=O)c2cc(C)nc3ccccc23)c1. The van der Waals surface area contributed by atoms with Crippen LogP contribution in [0.4, 0.5) is 5.69 Å². The first kappa shape index (κ1) is 19.2.